The van der Waals surface area contributed by atoms with Gasteiger partial charge in [-0.3, -0.25) is 9.89 Å². The molecule has 0 aromatic heterocycles. The van der Waals surface area contributed by atoms with Crippen LogP contribution in [0.3, 0.4) is 0 Å². The Morgan fingerprint density at radius 1 is 1.04 bits per heavy atom. The number of aliphatic imine (C=N–C) groups is 1. The molecular formula is C19H34N4O. The van der Waals surface area contributed by atoms with Crippen LogP contribution in [-0.4, -0.2) is 74.3 Å². The minimum Gasteiger partial charge on any atom is -0.379 e. The van der Waals surface area contributed by atoms with Crippen LogP contribution in [0.5, 0.6) is 0 Å². The fourth-order valence-electron chi connectivity index (χ4n) is 5.10. The van der Waals surface area contributed by atoms with Gasteiger partial charge in [-0.2, -0.15) is 0 Å². The van der Waals surface area contributed by atoms with Gasteiger partial charge in [0.05, 0.1) is 13.2 Å². The van der Waals surface area contributed by atoms with E-state index in [2.05, 4.69) is 20.1 Å². The molecule has 0 spiro atoms. The summed E-state index contributed by atoms with van der Waals surface area (Å²) in [7, 11) is 1.95. The Kier molecular flexibility index (Phi) is 5.28. The van der Waals surface area contributed by atoms with Crippen molar-refractivity contribution in [1.82, 2.24) is 15.1 Å². The first-order valence-corrected chi connectivity index (χ1v) is 10.1. The first-order valence-electron chi connectivity index (χ1n) is 10.1. The lowest BCUT2D eigenvalue weighted by molar-refractivity contribution is 0.0195. The molecule has 4 fully saturated rings. The Morgan fingerprint density at radius 3 is 2.58 bits per heavy atom. The quantitative estimate of drug-likeness (QED) is 0.632. The van der Waals surface area contributed by atoms with Crippen molar-refractivity contribution in [3.8, 4) is 0 Å². The Morgan fingerprint density at radius 2 is 1.83 bits per heavy atom. The molecule has 3 atom stereocenters. The topological polar surface area (TPSA) is 40.1 Å². The van der Waals surface area contributed by atoms with Crippen LogP contribution in [-0.2, 0) is 4.74 Å². The van der Waals surface area contributed by atoms with Gasteiger partial charge in [-0.25, -0.2) is 0 Å². The largest absolute Gasteiger partial charge is 0.379 e. The Hall–Kier alpha value is -0.810. The monoisotopic (exact) mass is 334 g/mol. The van der Waals surface area contributed by atoms with Gasteiger partial charge in [0, 0.05) is 45.3 Å². The zero-order valence-electron chi connectivity index (χ0n) is 15.3. The van der Waals surface area contributed by atoms with E-state index in [0.717, 1.165) is 57.2 Å². The molecule has 4 aliphatic rings. The third-order valence-electron chi connectivity index (χ3n) is 6.65. The van der Waals surface area contributed by atoms with Gasteiger partial charge in [-0.05, 0) is 24.7 Å². The molecule has 2 saturated heterocycles. The van der Waals surface area contributed by atoms with Gasteiger partial charge in [0.2, 0.25) is 0 Å². The Labute approximate surface area is 146 Å². The Balaban J connectivity index is 1.26. The average molecular weight is 335 g/mol. The van der Waals surface area contributed by atoms with E-state index in [-0.39, 0.29) is 0 Å². The normalized spacial score (nSPS) is 36.1. The second-order valence-corrected chi connectivity index (χ2v) is 8.13. The molecule has 4 rings (SSSR count). The van der Waals surface area contributed by atoms with Crippen LogP contribution in [0.25, 0.3) is 0 Å². The zero-order valence-corrected chi connectivity index (χ0v) is 15.3. The fourth-order valence-corrected chi connectivity index (χ4v) is 5.10. The maximum absolute atomic E-state index is 5.49. The van der Waals surface area contributed by atoms with Crippen LogP contribution < -0.4 is 5.32 Å². The summed E-state index contributed by atoms with van der Waals surface area (Å²) in [4.78, 5) is 9.69. The van der Waals surface area contributed by atoms with E-state index in [1.165, 1.54) is 44.9 Å². The van der Waals surface area contributed by atoms with Gasteiger partial charge < -0.3 is 15.0 Å². The summed E-state index contributed by atoms with van der Waals surface area (Å²) in [6.07, 6.45) is 9.92. The number of ether oxygens (including phenoxy) is 1. The van der Waals surface area contributed by atoms with Crippen LogP contribution >= 0.6 is 0 Å². The van der Waals surface area contributed by atoms with E-state index in [0.29, 0.717) is 12.1 Å². The highest BCUT2D eigenvalue weighted by Crippen LogP contribution is 2.44. The van der Waals surface area contributed by atoms with Crippen molar-refractivity contribution in [2.24, 2.45) is 16.8 Å². The van der Waals surface area contributed by atoms with Crippen LogP contribution in [0.4, 0.5) is 0 Å². The molecule has 2 aliphatic heterocycles. The van der Waals surface area contributed by atoms with E-state index in [4.69, 9.17) is 4.74 Å². The van der Waals surface area contributed by atoms with Crippen molar-refractivity contribution in [3.63, 3.8) is 0 Å². The maximum Gasteiger partial charge on any atom is 0.193 e. The third kappa shape index (κ3) is 3.72. The molecular weight excluding hydrogens is 300 g/mol. The number of morpholine rings is 1. The molecule has 1 N–H and O–H groups in total. The molecule has 0 radical (unpaired) electrons. The summed E-state index contributed by atoms with van der Waals surface area (Å²) in [6.45, 7) is 6.25. The van der Waals surface area contributed by atoms with Crippen molar-refractivity contribution in [1.29, 1.82) is 0 Å². The maximum atomic E-state index is 5.49. The van der Waals surface area contributed by atoms with Gasteiger partial charge in [-0.1, -0.05) is 32.1 Å². The standard InChI is InChI=1S/C19H34N4O/c1-20-19(21-18-13-17(18)15-5-3-2-4-6-15)23-8-7-16(14-23)22-9-11-24-12-10-22/h15-18H,2-14H2,1H3,(H,20,21). The SMILES string of the molecule is CN=C(NC1CC1C1CCCCC1)N1CCC(N2CCOCC2)C1. The highest BCUT2D eigenvalue weighted by atomic mass is 16.5. The molecule has 0 aromatic rings. The molecule has 136 valence electrons. The molecule has 2 saturated carbocycles. The number of rotatable bonds is 3. The number of nitrogens with zero attached hydrogens (tertiary/aromatic N) is 3. The van der Waals surface area contributed by atoms with Crippen molar-refractivity contribution < 1.29 is 4.74 Å². The lowest BCUT2D eigenvalue weighted by Gasteiger charge is -2.32. The molecule has 0 aromatic carbocycles. The Bertz CT molecular complexity index is 443. The minimum atomic E-state index is 0.681. The number of guanidine groups is 1. The van der Waals surface area contributed by atoms with Crippen LogP contribution in [0.1, 0.15) is 44.9 Å². The summed E-state index contributed by atoms with van der Waals surface area (Å²) in [5.74, 6) is 3.04. The number of hydrogen-bond acceptors (Lipinski definition) is 3. The second-order valence-electron chi connectivity index (χ2n) is 8.13. The number of hydrogen-bond donors (Lipinski definition) is 1. The van der Waals surface area contributed by atoms with Crippen LogP contribution in [0.2, 0.25) is 0 Å². The highest BCUT2D eigenvalue weighted by Gasteiger charge is 2.44. The lowest BCUT2D eigenvalue weighted by atomic mass is 9.85. The summed E-state index contributed by atoms with van der Waals surface area (Å²) in [6, 6.07) is 1.37. The zero-order chi connectivity index (χ0) is 16.4. The first-order chi connectivity index (χ1) is 11.8. The second kappa shape index (κ2) is 7.61. The fraction of sp³-hybridized carbons (Fsp3) is 0.947. The molecule has 0 bridgehead atoms. The highest BCUT2D eigenvalue weighted by molar-refractivity contribution is 5.80. The van der Waals surface area contributed by atoms with Gasteiger partial charge >= 0.3 is 0 Å². The summed E-state index contributed by atoms with van der Waals surface area (Å²) >= 11 is 0. The molecule has 5 nitrogen and oxygen atoms in total. The van der Waals surface area contributed by atoms with Crippen molar-refractivity contribution in [3.05, 3.63) is 0 Å². The minimum absolute atomic E-state index is 0.681. The van der Waals surface area contributed by atoms with E-state index in [9.17, 15) is 0 Å². The van der Waals surface area contributed by atoms with Gasteiger partial charge in [0.25, 0.3) is 0 Å². The molecule has 2 aliphatic carbocycles. The van der Waals surface area contributed by atoms with Gasteiger partial charge in [0.15, 0.2) is 5.96 Å². The lowest BCUT2D eigenvalue weighted by Crippen LogP contribution is -2.47. The van der Waals surface area contributed by atoms with Gasteiger partial charge in [0.1, 0.15) is 0 Å². The average Bonchev–Trinajstić information content (AvgIpc) is 3.25. The number of nitrogens with one attached hydrogen (secondary N) is 1. The van der Waals surface area contributed by atoms with E-state index in [1.807, 2.05) is 7.05 Å². The van der Waals surface area contributed by atoms with E-state index < -0.39 is 0 Å². The summed E-state index contributed by atoms with van der Waals surface area (Å²) in [5.41, 5.74) is 0. The molecule has 2 heterocycles. The number of likely N-dealkylation sites (tertiary alicyclic amines) is 1. The molecule has 0 amide bonds. The van der Waals surface area contributed by atoms with E-state index in [1.54, 1.807) is 0 Å². The van der Waals surface area contributed by atoms with Gasteiger partial charge in [-0.15, -0.1) is 0 Å². The van der Waals surface area contributed by atoms with E-state index >= 15 is 0 Å². The summed E-state index contributed by atoms with van der Waals surface area (Å²) < 4.78 is 5.49. The smallest absolute Gasteiger partial charge is 0.193 e. The predicted octanol–water partition coefficient (Wildman–Crippen LogP) is 1.94. The molecule has 24 heavy (non-hydrogen) atoms. The van der Waals surface area contributed by atoms with Crippen molar-refractivity contribution in [2.75, 3.05) is 46.4 Å². The predicted molar refractivity (Wildman–Crippen MR) is 97.3 cm³/mol. The summed E-state index contributed by atoms with van der Waals surface area (Å²) in [5, 5.41) is 3.79. The van der Waals surface area contributed by atoms with Crippen molar-refractivity contribution >= 4 is 5.96 Å². The molecule has 5 heteroatoms. The third-order valence-corrected chi connectivity index (χ3v) is 6.65. The van der Waals surface area contributed by atoms with Crippen molar-refractivity contribution in [2.45, 2.75) is 57.0 Å². The first kappa shape index (κ1) is 16.6. The molecule has 3 unspecified atom stereocenters. The van der Waals surface area contributed by atoms with Crippen LogP contribution in [0, 0.1) is 11.8 Å². The van der Waals surface area contributed by atoms with Crippen LogP contribution in [0.15, 0.2) is 4.99 Å².